The Morgan fingerprint density at radius 2 is 1.90 bits per heavy atom. The molecule has 31 heavy (non-hydrogen) atoms. The van der Waals surface area contributed by atoms with E-state index in [1.807, 2.05) is 30.0 Å². The average Bonchev–Trinajstić information content (AvgIpc) is 2.83. The number of quaternary nitrogens is 1. The van der Waals surface area contributed by atoms with Crippen molar-refractivity contribution >= 4 is 17.9 Å². The van der Waals surface area contributed by atoms with Gasteiger partial charge in [-0.05, 0) is 18.1 Å². The Kier molecular flexibility index (Phi) is 8.72. The standard InChI is InChI=1S/C24H31N5O2/c1-2-13-29(24(31)22-20-25-11-12-26-22)15-10-23(30)28-18-16-27(17-19-28)14-6-9-21-7-4-3-5-8-21/h3-9,11-12,20H,2,10,13-19H2,1H3/p+1/b9-6+. The van der Waals surface area contributed by atoms with Gasteiger partial charge in [-0.2, -0.15) is 0 Å². The number of amides is 2. The summed E-state index contributed by atoms with van der Waals surface area (Å²) in [5.74, 6) is -0.0471. The number of carbonyl (C=O) groups excluding carboxylic acids is 2. The van der Waals surface area contributed by atoms with Gasteiger partial charge in [-0.1, -0.05) is 43.3 Å². The Balaban J connectivity index is 1.42. The summed E-state index contributed by atoms with van der Waals surface area (Å²) in [7, 11) is 0. The molecule has 0 bridgehead atoms. The molecule has 3 rings (SSSR count). The maximum absolute atomic E-state index is 12.7. The van der Waals surface area contributed by atoms with Crippen LogP contribution in [0.15, 0.2) is 55.0 Å². The molecule has 1 aliphatic heterocycles. The fourth-order valence-electron chi connectivity index (χ4n) is 3.75. The quantitative estimate of drug-likeness (QED) is 0.658. The van der Waals surface area contributed by atoms with E-state index in [-0.39, 0.29) is 11.8 Å². The number of carbonyl (C=O) groups is 2. The van der Waals surface area contributed by atoms with Crippen LogP contribution in [0.25, 0.3) is 6.08 Å². The highest BCUT2D eigenvalue weighted by Gasteiger charge is 2.24. The van der Waals surface area contributed by atoms with Gasteiger partial charge in [0, 0.05) is 31.9 Å². The van der Waals surface area contributed by atoms with Crippen molar-refractivity contribution in [1.82, 2.24) is 19.8 Å². The first-order chi connectivity index (χ1) is 15.2. The lowest BCUT2D eigenvalue weighted by molar-refractivity contribution is -0.898. The van der Waals surface area contributed by atoms with E-state index in [0.717, 1.165) is 39.1 Å². The van der Waals surface area contributed by atoms with Crippen LogP contribution in [-0.2, 0) is 4.79 Å². The minimum atomic E-state index is -0.165. The van der Waals surface area contributed by atoms with Crippen molar-refractivity contribution in [2.45, 2.75) is 19.8 Å². The van der Waals surface area contributed by atoms with Crippen LogP contribution in [0.1, 0.15) is 35.8 Å². The Hall–Kier alpha value is -3.06. The van der Waals surface area contributed by atoms with Crippen LogP contribution in [0.2, 0.25) is 0 Å². The van der Waals surface area contributed by atoms with Crippen molar-refractivity contribution < 1.29 is 14.5 Å². The van der Waals surface area contributed by atoms with Gasteiger partial charge in [0.2, 0.25) is 5.91 Å². The van der Waals surface area contributed by atoms with Crippen molar-refractivity contribution in [3.8, 4) is 0 Å². The number of piperazine rings is 1. The van der Waals surface area contributed by atoms with Gasteiger partial charge in [-0.3, -0.25) is 14.6 Å². The molecule has 0 saturated carbocycles. The zero-order valence-electron chi connectivity index (χ0n) is 18.2. The van der Waals surface area contributed by atoms with E-state index in [0.29, 0.717) is 25.2 Å². The molecule has 0 radical (unpaired) electrons. The van der Waals surface area contributed by atoms with Crippen molar-refractivity contribution in [2.24, 2.45) is 0 Å². The van der Waals surface area contributed by atoms with Crippen molar-refractivity contribution in [3.63, 3.8) is 0 Å². The summed E-state index contributed by atoms with van der Waals surface area (Å²) in [5.41, 5.74) is 1.53. The Morgan fingerprint density at radius 1 is 1.13 bits per heavy atom. The maximum atomic E-state index is 12.7. The fraction of sp³-hybridized carbons (Fsp3) is 0.417. The molecule has 164 valence electrons. The minimum Gasteiger partial charge on any atom is -0.337 e. The number of hydrogen-bond donors (Lipinski definition) is 1. The predicted octanol–water partition coefficient (Wildman–Crippen LogP) is 1.16. The minimum absolute atomic E-state index is 0.118. The molecular formula is C24H32N5O2+. The van der Waals surface area contributed by atoms with Crippen molar-refractivity contribution in [2.75, 3.05) is 45.8 Å². The molecule has 7 nitrogen and oxygen atoms in total. The number of aromatic nitrogens is 2. The van der Waals surface area contributed by atoms with Crippen molar-refractivity contribution in [1.29, 1.82) is 0 Å². The van der Waals surface area contributed by atoms with Gasteiger partial charge in [0.1, 0.15) is 5.69 Å². The van der Waals surface area contributed by atoms with Gasteiger partial charge in [0.05, 0.1) is 38.9 Å². The monoisotopic (exact) mass is 422 g/mol. The molecule has 1 saturated heterocycles. The first kappa shape index (κ1) is 22.6. The zero-order chi connectivity index (χ0) is 21.9. The third-order valence-corrected chi connectivity index (χ3v) is 5.50. The molecule has 1 aromatic heterocycles. The number of nitrogens with zero attached hydrogens (tertiary/aromatic N) is 4. The predicted molar refractivity (Wildman–Crippen MR) is 120 cm³/mol. The molecule has 2 heterocycles. The molecule has 0 unspecified atom stereocenters. The van der Waals surface area contributed by atoms with Crippen molar-refractivity contribution in [3.05, 3.63) is 66.3 Å². The summed E-state index contributed by atoms with van der Waals surface area (Å²) in [6.07, 6.45) is 10.1. The second-order valence-electron chi connectivity index (χ2n) is 7.78. The molecule has 2 aromatic rings. The summed E-state index contributed by atoms with van der Waals surface area (Å²) in [5, 5.41) is 0. The van der Waals surface area contributed by atoms with Gasteiger partial charge >= 0.3 is 0 Å². The number of benzene rings is 1. The van der Waals surface area contributed by atoms with E-state index >= 15 is 0 Å². The third kappa shape index (κ3) is 7.00. The molecule has 1 aromatic carbocycles. The first-order valence-electron chi connectivity index (χ1n) is 11.1. The number of rotatable bonds is 9. The lowest BCUT2D eigenvalue weighted by Gasteiger charge is -2.32. The molecule has 1 fully saturated rings. The van der Waals surface area contributed by atoms with Crippen LogP contribution in [0.4, 0.5) is 0 Å². The fourth-order valence-corrected chi connectivity index (χ4v) is 3.75. The first-order valence-corrected chi connectivity index (χ1v) is 11.1. The second kappa shape index (κ2) is 12.0. The van der Waals surface area contributed by atoms with Gasteiger partial charge in [0.15, 0.2) is 0 Å². The highest BCUT2D eigenvalue weighted by Crippen LogP contribution is 2.05. The molecule has 1 aliphatic rings. The van der Waals surface area contributed by atoms with E-state index in [4.69, 9.17) is 0 Å². The summed E-state index contributed by atoms with van der Waals surface area (Å²) in [6.45, 7) is 7.42. The van der Waals surface area contributed by atoms with Gasteiger partial charge in [0.25, 0.3) is 5.91 Å². The Morgan fingerprint density at radius 3 is 2.58 bits per heavy atom. The third-order valence-electron chi connectivity index (χ3n) is 5.50. The highest BCUT2D eigenvalue weighted by molar-refractivity contribution is 5.92. The molecule has 2 amide bonds. The van der Waals surface area contributed by atoms with Gasteiger partial charge < -0.3 is 14.7 Å². The van der Waals surface area contributed by atoms with E-state index in [9.17, 15) is 9.59 Å². The molecule has 1 N–H and O–H groups in total. The highest BCUT2D eigenvalue weighted by atomic mass is 16.2. The van der Waals surface area contributed by atoms with E-state index in [1.54, 1.807) is 11.1 Å². The maximum Gasteiger partial charge on any atom is 0.274 e. The van der Waals surface area contributed by atoms with E-state index in [2.05, 4.69) is 34.3 Å². The normalized spacial score (nSPS) is 14.7. The van der Waals surface area contributed by atoms with E-state index < -0.39 is 0 Å². The summed E-state index contributed by atoms with van der Waals surface area (Å²) < 4.78 is 0. The average molecular weight is 423 g/mol. The largest absolute Gasteiger partial charge is 0.337 e. The van der Waals surface area contributed by atoms with Gasteiger partial charge in [-0.25, -0.2) is 4.98 Å². The van der Waals surface area contributed by atoms with E-state index in [1.165, 1.54) is 22.9 Å². The van der Waals surface area contributed by atoms with Crippen LogP contribution in [-0.4, -0.2) is 77.4 Å². The smallest absolute Gasteiger partial charge is 0.274 e. The zero-order valence-corrected chi connectivity index (χ0v) is 18.2. The number of hydrogen-bond acceptors (Lipinski definition) is 4. The Bertz CT molecular complexity index is 849. The SMILES string of the molecule is CCCN(CCC(=O)N1CC[NH+](C/C=C/c2ccccc2)CC1)C(=O)c1cnccn1. The molecule has 0 atom stereocenters. The Labute approximate surface area is 184 Å². The summed E-state index contributed by atoms with van der Waals surface area (Å²) in [6, 6.07) is 10.3. The van der Waals surface area contributed by atoms with Gasteiger partial charge in [-0.15, -0.1) is 0 Å². The molecule has 0 spiro atoms. The molecular weight excluding hydrogens is 390 g/mol. The lowest BCUT2D eigenvalue weighted by Crippen LogP contribution is -3.14. The van der Waals surface area contributed by atoms with Crippen LogP contribution in [0.3, 0.4) is 0 Å². The van der Waals surface area contributed by atoms with Crippen LogP contribution >= 0.6 is 0 Å². The summed E-state index contributed by atoms with van der Waals surface area (Å²) >= 11 is 0. The number of nitrogens with one attached hydrogen (secondary N) is 1. The second-order valence-corrected chi connectivity index (χ2v) is 7.78. The topological polar surface area (TPSA) is 70.8 Å². The van der Waals surface area contributed by atoms with Crippen LogP contribution < -0.4 is 4.90 Å². The lowest BCUT2D eigenvalue weighted by atomic mass is 10.2. The van der Waals surface area contributed by atoms with Crippen LogP contribution in [0, 0.1) is 0 Å². The van der Waals surface area contributed by atoms with Crippen LogP contribution in [0.5, 0.6) is 0 Å². The molecule has 7 heteroatoms. The summed E-state index contributed by atoms with van der Waals surface area (Å²) in [4.78, 5) is 38.6. The molecule has 0 aliphatic carbocycles.